The van der Waals surface area contributed by atoms with E-state index in [0.29, 0.717) is 11.7 Å². The first-order valence-corrected chi connectivity index (χ1v) is 5.92. The van der Waals surface area contributed by atoms with Crippen molar-refractivity contribution in [2.24, 2.45) is 0 Å². The third kappa shape index (κ3) is 3.13. The van der Waals surface area contributed by atoms with Gasteiger partial charge in [-0.1, -0.05) is 29.8 Å². The summed E-state index contributed by atoms with van der Waals surface area (Å²) in [5.41, 5.74) is 1.97. The van der Waals surface area contributed by atoms with Gasteiger partial charge in [-0.15, -0.1) is 0 Å². The van der Waals surface area contributed by atoms with Crippen LogP contribution >= 0.6 is 0 Å². The van der Waals surface area contributed by atoms with Crippen molar-refractivity contribution in [3.63, 3.8) is 0 Å². The minimum absolute atomic E-state index is 0.209. The summed E-state index contributed by atoms with van der Waals surface area (Å²) in [5.74, 6) is 0.493. The molecule has 5 nitrogen and oxygen atoms in total. The van der Waals surface area contributed by atoms with Gasteiger partial charge < -0.3 is 9.15 Å². The number of benzene rings is 1. The van der Waals surface area contributed by atoms with Crippen LogP contribution in [-0.2, 0) is 0 Å². The van der Waals surface area contributed by atoms with Crippen molar-refractivity contribution in [3.8, 4) is 5.95 Å². The van der Waals surface area contributed by atoms with Crippen molar-refractivity contribution in [1.82, 2.24) is 0 Å². The fraction of sp³-hybridized carbons (Fsp3) is 0.286. The number of hydrogen-bond donors (Lipinski definition) is 0. The number of nitrogens with zero attached hydrogens (tertiary/aromatic N) is 1. The van der Waals surface area contributed by atoms with Crippen molar-refractivity contribution in [3.05, 3.63) is 63.4 Å². The number of nitro groups is 1. The molecular weight excluding hydrogens is 246 g/mol. The highest BCUT2D eigenvalue weighted by atomic mass is 16.6. The van der Waals surface area contributed by atoms with Crippen LogP contribution in [0.2, 0.25) is 0 Å². The molecular formula is C14H15NO4. The number of aryl methyl sites for hydroxylation is 1. The fourth-order valence-electron chi connectivity index (χ4n) is 1.94. The van der Waals surface area contributed by atoms with Gasteiger partial charge in [0.2, 0.25) is 6.54 Å². The van der Waals surface area contributed by atoms with E-state index in [-0.39, 0.29) is 11.5 Å². The summed E-state index contributed by atoms with van der Waals surface area (Å²) in [6, 6.07) is 11.0. The smallest absolute Gasteiger partial charge is 0.284 e. The van der Waals surface area contributed by atoms with Crippen LogP contribution in [0.3, 0.4) is 0 Å². The molecule has 1 aromatic carbocycles. The lowest BCUT2D eigenvalue weighted by molar-refractivity contribution is -0.482. The number of ether oxygens (including phenoxy) is 1. The molecule has 0 radical (unpaired) electrons. The average Bonchev–Trinajstić information content (AvgIpc) is 2.85. The zero-order valence-electron chi connectivity index (χ0n) is 10.8. The van der Waals surface area contributed by atoms with Crippen LogP contribution in [0.5, 0.6) is 5.95 Å². The number of hydrogen-bond acceptors (Lipinski definition) is 4. The van der Waals surface area contributed by atoms with Crippen LogP contribution in [0.15, 0.2) is 40.8 Å². The molecule has 0 unspecified atom stereocenters. The van der Waals surface area contributed by atoms with E-state index in [1.165, 1.54) is 7.11 Å². The van der Waals surface area contributed by atoms with Gasteiger partial charge in [0.15, 0.2) is 0 Å². The van der Waals surface area contributed by atoms with Crippen LogP contribution < -0.4 is 4.74 Å². The third-order valence-corrected chi connectivity index (χ3v) is 2.96. The largest absolute Gasteiger partial charge is 0.468 e. The maximum absolute atomic E-state index is 10.8. The summed E-state index contributed by atoms with van der Waals surface area (Å²) in [5, 5.41) is 10.8. The molecule has 0 N–H and O–H groups in total. The Bertz CT molecular complexity index is 559. The van der Waals surface area contributed by atoms with Gasteiger partial charge in [0, 0.05) is 11.0 Å². The highest BCUT2D eigenvalue weighted by molar-refractivity contribution is 5.31. The van der Waals surface area contributed by atoms with Crippen LogP contribution in [-0.4, -0.2) is 18.6 Å². The molecule has 0 amide bonds. The molecule has 0 saturated heterocycles. The lowest BCUT2D eigenvalue weighted by Crippen LogP contribution is -2.13. The number of methoxy groups -OCH3 is 1. The van der Waals surface area contributed by atoms with E-state index in [0.717, 1.165) is 11.1 Å². The van der Waals surface area contributed by atoms with Crippen molar-refractivity contribution >= 4 is 0 Å². The molecule has 5 heteroatoms. The molecule has 1 aromatic heterocycles. The molecule has 0 spiro atoms. The molecule has 0 saturated carbocycles. The van der Waals surface area contributed by atoms with Crippen molar-refractivity contribution in [2.45, 2.75) is 12.8 Å². The molecule has 19 heavy (non-hydrogen) atoms. The van der Waals surface area contributed by atoms with Gasteiger partial charge in [-0.25, -0.2) is 0 Å². The first kappa shape index (κ1) is 13.1. The zero-order chi connectivity index (χ0) is 13.8. The molecule has 1 atom stereocenters. The normalized spacial score (nSPS) is 12.1. The Labute approximate surface area is 111 Å². The predicted octanol–water partition coefficient (Wildman–Crippen LogP) is 3.01. The van der Waals surface area contributed by atoms with Crippen molar-refractivity contribution < 1.29 is 14.1 Å². The van der Waals surface area contributed by atoms with Crippen LogP contribution in [0.1, 0.15) is 22.8 Å². The maximum atomic E-state index is 10.8. The monoisotopic (exact) mass is 261 g/mol. The molecule has 0 fully saturated rings. The Kier molecular flexibility index (Phi) is 3.85. The minimum Gasteiger partial charge on any atom is -0.468 e. The average molecular weight is 261 g/mol. The highest BCUT2D eigenvalue weighted by Crippen LogP contribution is 2.29. The van der Waals surface area contributed by atoms with E-state index in [1.807, 2.05) is 31.2 Å². The molecule has 2 rings (SSSR count). The summed E-state index contributed by atoms with van der Waals surface area (Å²) in [6.45, 7) is 1.77. The Hall–Kier alpha value is -2.30. The van der Waals surface area contributed by atoms with Crippen LogP contribution in [0.25, 0.3) is 0 Å². The van der Waals surface area contributed by atoms with Gasteiger partial charge in [0.1, 0.15) is 11.7 Å². The molecule has 0 aliphatic heterocycles. The highest BCUT2D eigenvalue weighted by Gasteiger charge is 2.23. The Morgan fingerprint density at radius 1 is 1.26 bits per heavy atom. The predicted molar refractivity (Wildman–Crippen MR) is 70.1 cm³/mol. The van der Waals surface area contributed by atoms with E-state index in [2.05, 4.69) is 0 Å². The standard InChI is InChI=1S/C14H15NO4/c1-10-3-5-11(6-4-10)12(9-15(16)17)13-7-8-14(18-2)19-13/h3-8,12H,9H2,1-2H3/t12-/m0/s1. The summed E-state index contributed by atoms with van der Waals surface area (Å²) >= 11 is 0. The molecule has 0 aliphatic rings. The molecule has 0 aliphatic carbocycles. The number of rotatable bonds is 5. The second kappa shape index (κ2) is 5.56. The molecule has 0 bridgehead atoms. The van der Waals surface area contributed by atoms with Crippen molar-refractivity contribution in [2.75, 3.05) is 13.7 Å². The maximum Gasteiger partial charge on any atom is 0.284 e. The lowest BCUT2D eigenvalue weighted by atomic mass is 9.96. The van der Waals surface area contributed by atoms with Gasteiger partial charge >= 0.3 is 0 Å². The van der Waals surface area contributed by atoms with Crippen molar-refractivity contribution in [1.29, 1.82) is 0 Å². The van der Waals surface area contributed by atoms with Gasteiger partial charge in [0.25, 0.3) is 5.95 Å². The van der Waals surface area contributed by atoms with Gasteiger partial charge in [-0.3, -0.25) is 10.1 Å². The number of furan rings is 1. The van der Waals surface area contributed by atoms with E-state index in [9.17, 15) is 10.1 Å². The molecule has 1 heterocycles. The van der Waals surface area contributed by atoms with E-state index >= 15 is 0 Å². The molecule has 100 valence electrons. The summed E-state index contributed by atoms with van der Waals surface area (Å²) in [7, 11) is 1.50. The fourth-order valence-corrected chi connectivity index (χ4v) is 1.94. The van der Waals surface area contributed by atoms with Gasteiger partial charge in [0.05, 0.1) is 7.11 Å². The topological polar surface area (TPSA) is 65.5 Å². The van der Waals surface area contributed by atoms with Crippen LogP contribution in [0, 0.1) is 17.0 Å². The first-order valence-electron chi connectivity index (χ1n) is 5.92. The third-order valence-electron chi connectivity index (χ3n) is 2.96. The van der Waals surface area contributed by atoms with E-state index in [1.54, 1.807) is 12.1 Å². The molecule has 2 aromatic rings. The van der Waals surface area contributed by atoms with E-state index < -0.39 is 5.92 Å². The second-order valence-electron chi connectivity index (χ2n) is 4.34. The first-order chi connectivity index (χ1) is 9.10. The Morgan fingerprint density at radius 2 is 1.95 bits per heavy atom. The Balaban J connectivity index is 2.34. The van der Waals surface area contributed by atoms with Gasteiger partial charge in [-0.2, -0.15) is 0 Å². The minimum atomic E-state index is -0.403. The lowest BCUT2D eigenvalue weighted by Gasteiger charge is -2.11. The van der Waals surface area contributed by atoms with Crippen LogP contribution in [0.4, 0.5) is 0 Å². The summed E-state index contributed by atoms with van der Waals surface area (Å²) in [6.07, 6.45) is 0. The zero-order valence-corrected chi connectivity index (χ0v) is 10.8. The summed E-state index contributed by atoms with van der Waals surface area (Å²) in [4.78, 5) is 10.5. The quantitative estimate of drug-likeness (QED) is 0.613. The second-order valence-corrected chi connectivity index (χ2v) is 4.34. The van der Waals surface area contributed by atoms with E-state index in [4.69, 9.17) is 9.15 Å². The SMILES string of the molecule is COc1ccc([C@@H](C[N+](=O)[O-])c2ccc(C)cc2)o1. The Morgan fingerprint density at radius 3 is 2.47 bits per heavy atom. The van der Waals surface area contributed by atoms with Gasteiger partial charge in [-0.05, 0) is 18.6 Å². The summed E-state index contributed by atoms with van der Waals surface area (Å²) < 4.78 is 10.4.